The molecule has 0 aliphatic heterocycles. The maximum atomic E-state index is 10.3. The fourth-order valence-electron chi connectivity index (χ4n) is 1.94. The van der Waals surface area contributed by atoms with Crippen molar-refractivity contribution in [1.82, 2.24) is 4.98 Å². The first-order chi connectivity index (χ1) is 10.7. The van der Waals surface area contributed by atoms with E-state index in [-0.39, 0.29) is 6.54 Å². The van der Waals surface area contributed by atoms with Crippen molar-refractivity contribution in [2.45, 2.75) is 6.10 Å². The van der Waals surface area contributed by atoms with Gasteiger partial charge in [0, 0.05) is 12.6 Å². The van der Waals surface area contributed by atoms with Crippen molar-refractivity contribution in [3.63, 3.8) is 0 Å². The lowest BCUT2D eigenvalue weighted by atomic mass is 10.1. The van der Waals surface area contributed by atoms with Gasteiger partial charge in [-0.1, -0.05) is 6.07 Å². The molecule has 1 heterocycles. The van der Waals surface area contributed by atoms with Gasteiger partial charge in [-0.15, -0.1) is 0 Å². The number of hydrogen-bond donors (Lipinski definition) is 2. The van der Waals surface area contributed by atoms with Gasteiger partial charge in [0.25, 0.3) is 0 Å². The van der Waals surface area contributed by atoms with Gasteiger partial charge in [-0.2, -0.15) is 5.26 Å². The first kappa shape index (κ1) is 15.6. The van der Waals surface area contributed by atoms with Crippen LogP contribution in [0.25, 0.3) is 0 Å². The van der Waals surface area contributed by atoms with Gasteiger partial charge in [-0.05, 0) is 29.8 Å². The Morgan fingerprint density at radius 2 is 1.91 bits per heavy atom. The van der Waals surface area contributed by atoms with E-state index in [0.717, 1.165) is 0 Å². The molecule has 0 bridgehead atoms. The summed E-state index contributed by atoms with van der Waals surface area (Å²) in [5.41, 5.74) is 0.989. The maximum absolute atomic E-state index is 10.3. The highest BCUT2D eigenvalue weighted by atomic mass is 16.5. The Morgan fingerprint density at radius 1 is 1.23 bits per heavy atom. The zero-order valence-corrected chi connectivity index (χ0v) is 12.4. The molecule has 0 saturated heterocycles. The highest BCUT2D eigenvalue weighted by Gasteiger charge is 2.11. The molecule has 2 rings (SSSR count). The summed E-state index contributed by atoms with van der Waals surface area (Å²) in [4.78, 5) is 4.09. The van der Waals surface area contributed by atoms with Crippen molar-refractivity contribution < 1.29 is 14.6 Å². The Morgan fingerprint density at radius 3 is 2.50 bits per heavy atom. The number of nitrogens with zero attached hydrogens (tertiary/aromatic N) is 2. The molecule has 0 amide bonds. The van der Waals surface area contributed by atoms with Crippen LogP contribution in [0.1, 0.15) is 17.4 Å². The number of aromatic nitrogens is 1. The van der Waals surface area contributed by atoms with E-state index in [1.807, 2.05) is 6.07 Å². The smallest absolute Gasteiger partial charge is 0.142 e. The Balaban J connectivity index is 2.08. The number of aliphatic hydroxyl groups is 1. The first-order valence-corrected chi connectivity index (χ1v) is 6.68. The third kappa shape index (κ3) is 3.87. The molecule has 0 aliphatic carbocycles. The summed E-state index contributed by atoms with van der Waals surface area (Å²) in [6, 6.07) is 12.3. The normalized spacial score (nSPS) is 11.4. The summed E-state index contributed by atoms with van der Waals surface area (Å²) in [5, 5.41) is 22.1. The zero-order chi connectivity index (χ0) is 15.9. The number of benzene rings is 1. The number of methoxy groups -OCH3 is 2. The Kier molecular flexibility index (Phi) is 5.17. The van der Waals surface area contributed by atoms with Crippen molar-refractivity contribution in [1.29, 1.82) is 5.26 Å². The van der Waals surface area contributed by atoms with Crippen molar-refractivity contribution in [2.75, 3.05) is 26.1 Å². The minimum absolute atomic E-state index is 0.248. The Bertz CT molecular complexity index is 660. The summed E-state index contributed by atoms with van der Waals surface area (Å²) in [7, 11) is 3.11. The average Bonchev–Trinajstić information content (AvgIpc) is 2.59. The maximum Gasteiger partial charge on any atom is 0.142 e. The number of aliphatic hydroxyl groups excluding tert-OH is 1. The van der Waals surface area contributed by atoms with Crippen LogP contribution in [0.15, 0.2) is 36.4 Å². The van der Waals surface area contributed by atoms with Crippen LogP contribution in [0.3, 0.4) is 0 Å². The van der Waals surface area contributed by atoms with Gasteiger partial charge < -0.3 is 19.9 Å². The SMILES string of the molecule is COc1cc(OC)cc(C(O)CNc2cccc(C#N)n2)c1. The lowest BCUT2D eigenvalue weighted by Gasteiger charge is -2.15. The third-order valence-corrected chi connectivity index (χ3v) is 3.10. The van der Waals surface area contributed by atoms with E-state index in [4.69, 9.17) is 14.7 Å². The molecule has 0 aliphatic rings. The Labute approximate surface area is 128 Å². The van der Waals surface area contributed by atoms with Gasteiger partial charge in [-0.25, -0.2) is 4.98 Å². The van der Waals surface area contributed by atoms with Crippen LogP contribution in [0.5, 0.6) is 11.5 Å². The Hall–Kier alpha value is -2.78. The van der Waals surface area contributed by atoms with E-state index in [2.05, 4.69) is 10.3 Å². The van der Waals surface area contributed by atoms with Crippen LogP contribution < -0.4 is 14.8 Å². The standard InChI is InChI=1S/C16H17N3O3/c1-21-13-6-11(7-14(8-13)22-2)15(20)10-18-16-5-3-4-12(9-17)19-16/h3-8,15,20H,10H2,1-2H3,(H,18,19). The number of rotatable bonds is 6. The molecule has 0 fully saturated rings. The van der Waals surface area contributed by atoms with Gasteiger partial charge in [-0.3, -0.25) is 0 Å². The molecule has 1 unspecified atom stereocenters. The number of nitrogens with one attached hydrogen (secondary N) is 1. The van der Waals surface area contributed by atoms with E-state index in [0.29, 0.717) is 28.6 Å². The number of anilines is 1. The van der Waals surface area contributed by atoms with Gasteiger partial charge >= 0.3 is 0 Å². The molecule has 114 valence electrons. The molecule has 6 heteroatoms. The van der Waals surface area contributed by atoms with Crippen molar-refractivity contribution in [2.24, 2.45) is 0 Å². The molecule has 0 radical (unpaired) electrons. The lowest BCUT2D eigenvalue weighted by molar-refractivity contribution is 0.190. The van der Waals surface area contributed by atoms with E-state index < -0.39 is 6.10 Å². The monoisotopic (exact) mass is 299 g/mol. The van der Waals surface area contributed by atoms with E-state index >= 15 is 0 Å². The quantitative estimate of drug-likeness (QED) is 0.849. The molecule has 0 spiro atoms. The van der Waals surface area contributed by atoms with Gasteiger partial charge in [0.05, 0.1) is 20.3 Å². The molecular weight excluding hydrogens is 282 g/mol. The summed E-state index contributed by atoms with van der Waals surface area (Å²) in [5.74, 6) is 1.75. The van der Waals surface area contributed by atoms with Crippen LogP contribution in [-0.4, -0.2) is 30.9 Å². The number of ether oxygens (including phenoxy) is 2. The predicted octanol–water partition coefficient (Wildman–Crippen LogP) is 2.12. The first-order valence-electron chi connectivity index (χ1n) is 6.68. The van der Waals surface area contributed by atoms with Crippen molar-refractivity contribution >= 4 is 5.82 Å². The minimum Gasteiger partial charge on any atom is -0.497 e. The number of nitriles is 1. The second kappa shape index (κ2) is 7.29. The van der Waals surface area contributed by atoms with Crippen LogP contribution in [0.4, 0.5) is 5.82 Å². The highest BCUT2D eigenvalue weighted by molar-refractivity contribution is 5.41. The molecule has 0 saturated carbocycles. The zero-order valence-electron chi connectivity index (χ0n) is 12.4. The second-order valence-corrected chi connectivity index (χ2v) is 4.56. The van der Waals surface area contributed by atoms with Crippen molar-refractivity contribution in [3.8, 4) is 17.6 Å². The fraction of sp³-hybridized carbons (Fsp3) is 0.250. The molecule has 1 atom stereocenters. The van der Waals surface area contributed by atoms with Crippen LogP contribution in [0.2, 0.25) is 0 Å². The van der Waals surface area contributed by atoms with E-state index in [1.54, 1.807) is 50.6 Å². The molecular formula is C16H17N3O3. The topological polar surface area (TPSA) is 87.4 Å². The van der Waals surface area contributed by atoms with Gasteiger partial charge in [0.15, 0.2) is 0 Å². The summed E-state index contributed by atoms with van der Waals surface area (Å²) < 4.78 is 10.4. The minimum atomic E-state index is -0.767. The molecule has 2 aromatic rings. The summed E-state index contributed by atoms with van der Waals surface area (Å²) >= 11 is 0. The molecule has 22 heavy (non-hydrogen) atoms. The molecule has 1 aromatic heterocycles. The van der Waals surface area contributed by atoms with Crippen LogP contribution >= 0.6 is 0 Å². The number of hydrogen-bond acceptors (Lipinski definition) is 6. The summed E-state index contributed by atoms with van der Waals surface area (Å²) in [6.07, 6.45) is -0.767. The van der Waals surface area contributed by atoms with Crippen LogP contribution in [-0.2, 0) is 0 Å². The predicted molar refractivity (Wildman–Crippen MR) is 81.9 cm³/mol. The van der Waals surface area contributed by atoms with Gasteiger partial charge in [0.1, 0.15) is 29.1 Å². The van der Waals surface area contributed by atoms with E-state index in [9.17, 15) is 5.11 Å². The second-order valence-electron chi connectivity index (χ2n) is 4.56. The van der Waals surface area contributed by atoms with Crippen molar-refractivity contribution in [3.05, 3.63) is 47.7 Å². The fourth-order valence-corrected chi connectivity index (χ4v) is 1.94. The average molecular weight is 299 g/mol. The summed E-state index contributed by atoms with van der Waals surface area (Å²) in [6.45, 7) is 0.248. The van der Waals surface area contributed by atoms with E-state index in [1.165, 1.54) is 0 Å². The highest BCUT2D eigenvalue weighted by Crippen LogP contribution is 2.26. The molecule has 2 N–H and O–H groups in total. The molecule has 6 nitrogen and oxygen atoms in total. The van der Waals surface area contributed by atoms with Gasteiger partial charge in [0.2, 0.25) is 0 Å². The largest absolute Gasteiger partial charge is 0.497 e. The lowest BCUT2D eigenvalue weighted by Crippen LogP contribution is -2.13. The molecule has 1 aromatic carbocycles. The van der Waals surface area contributed by atoms with Crippen LogP contribution in [0, 0.1) is 11.3 Å². The number of pyridine rings is 1. The third-order valence-electron chi connectivity index (χ3n) is 3.10.